The second-order valence-corrected chi connectivity index (χ2v) is 4.02. The van der Waals surface area contributed by atoms with Crippen molar-refractivity contribution in [3.63, 3.8) is 0 Å². The van der Waals surface area contributed by atoms with Crippen molar-refractivity contribution in [3.8, 4) is 17.0 Å². The highest BCUT2D eigenvalue weighted by atomic mass is 19.1. The zero-order valence-electron chi connectivity index (χ0n) is 11.0. The minimum absolute atomic E-state index is 0.336. The molecule has 5 heteroatoms. The Morgan fingerprint density at radius 2 is 2.16 bits per heavy atom. The highest BCUT2D eigenvalue weighted by Gasteiger charge is 2.09. The molecule has 0 bridgehead atoms. The summed E-state index contributed by atoms with van der Waals surface area (Å²) < 4.78 is 18.3. The third kappa shape index (κ3) is 3.26. The Labute approximate surface area is 111 Å². The molecule has 0 unspecified atom stereocenters. The molecule has 1 N–H and O–H groups in total. The summed E-state index contributed by atoms with van der Waals surface area (Å²) in [5.41, 5.74) is 2.24. The van der Waals surface area contributed by atoms with Crippen LogP contribution >= 0.6 is 0 Å². The van der Waals surface area contributed by atoms with Gasteiger partial charge in [0.25, 0.3) is 0 Å². The summed E-state index contributed by atoms with van der Waals surface area (Å²) in [7, 11) is 1.51. The zero-order chi connectivity index (χ0) is 13.7. The maximum atomic E-state index is 13.2. The van der Waals surface area contributed by atoms with Crippen molar-refractivity contribution >= 4 is 0 Å². The maximum Gasteiger partial charge on any atom is 0.131 e. The lowest BCUT2D eigenvalue weighted by Gasteiger charge is -2.09. The predicted octanol–water partition coefficient (Wildman–Crippen LogP) is 2.40. The quantitative estimate of drug-likeness (QED) is 0.897. The van der Waals surface area contributed by atoms with E-state index in [2.05, 4.69) is 15.3 Å². The number of nitrogens with zero attached hydrogens (tertiary/aromatic N) is 2. The first-order chi connectivity index (χ1) is 9.24. The van der Waals surface area contributed by atoms with Crippen LogP contribution in [0, 0.1) is 5.82 Å². The topological polar surface area (TPSA) is 47.0 Å². The fraction of sp³-hybridized carbons (Fsp3) is 0.286. The molecule has 0 fully saturated rings. The lowest BCUT2D eigenvalue weighted by molar-refractivity contribution is 0.413. The molecule has 4 nitrogen and oxygen atoms in total. The van der Waals surface area contributed by atoms with E-state index >= 15 is 0 Å². The molecule has 0 aliphatic rings. The Balaban J connectivity index is 2.35. The van der Waals surface area contributed by atoms with Gasteiger partial charge in [0.15, 0.2) is 0 Å². The fourth-order valence-electron chi connectivity index (χ4n) is 1.75. The number of benzene rings is 1. The van der Waals surface area contributed by atoms with Crippen molar-refractivity contribution in [3.05, 3.63) is 42.1 Å². The highest BCUT2D eigenvalue weighted by Crippen LogP contribution is 2.28. The molecule has 0 radical (unpaired) electrons. The van der Waals surface area contributed by atoms with E-state index in [4.69, 9.17) is 4.74 Å². The molecule has 1 aromatic carbocycles. The van der Waals surface area contributed by atoms with Crippen LogP contribution in [0.3, 0.4) is 0 Å². The van der Waals surface area contributed by atoms with Gasteiger partial charge in [-0.2, -0.15) is 0 Å². The van der Waals surface area contributed by atoms with Gasteiger partial charge in [-0.1, -0.05) is 6.92 Å². The Bertz CT molecular complexity index is 560. The second kappa shape index (κ2) is 6.24. The molecule has 0 aliphatic carbocycles. The molecule has 0 amide bonds. The molecule has 1 aromatic heterocycles. The van der Waals surface area contributed by atoms with Gasteiger partial charge in [-0.05, 0) is 18.7 Å². The van der Waals surface area contributed by atoms with E-state index in [1.54, 1.807) is 18.5 Å². The third-order valence-corrected chi connectivity index (χ3v) is 2.68. The van der Waals surface area contributed by atoms with E-state index in [1.807, 2.05) is 6.92 Å². The first-order valence-electron chi connectivity index (χ1n) is 6.10. The molecule has 0 spiro atoms. The molecular formula is C14H16FN3O. The molecule has 0 saturated heterocycles. The Morgan fingerprint density at radius 1 is 1.32 bits per heavy atom. The van der Waals surface area contributed by atoms with Crippen LogP contribution in [0.25, 0.3) is 11.3 Å². The van der Waals surface area contributed by atoms with Crippen LogP contribution in [-0.4, -0.2) is 23.6 Å². The van der Waals surface area contributed by atoms with Crippen LogP contribution in [-0.2, 0) is 6.54 Å². The van der Waals surface area contributed by atoms with Gasteiger partial charge in [-0.3, -0.25) is 4.98 Å². The van der Waals surface area contributed by atoms with Crippen molar-refractivity contribution in [1.82, 2.24) is 15.3 Å². The molecule has 100 valence electrons. The van der Waals surface area contributed by atoms with Crippen LogP contribution < -0.4 is 10.1 Å². The second-order valence-electron chi connectivity index (χ2n) is 4.02. The Morgan fingerprint density at radius 3 is 2.89 bits per heavy atom. The number of ether oxygens (including phenoxy) is 1. The zero-order valence-corrected chi connectivity index (χ0v) is 11.0. The van der Waals surface area contributed by atoms with Gasteiger partial charge in [0.2, 0.25) is 0 Å². The first kappa shape index (κ1) is 13.4. The first-order valence-corrected chi connectivity index (χ1v) is 6.10. The summed E-state index contributed by atoms with van der Waals surface area (Å²) in [6, 6.07) is 4.37. The monoisotopic (exact) mass is 261 g/mol. The van der Waals surface area contributed by atoms with Crippen molar-refractivity contribution in [2.24, 2.45) is 0 Å². The summed E-state index contributed by atoms with van der Waals surface area (Å²) >= 11 is 0. The lowest BCUT2D eigenvalue weighted by Crippen LogP contribution is -2.13. The average molecular weight is 261 g/mol. The average Bonchev–Trinajstić information content (AvgIpc) is 2.45. The van der Waals surface area contributed by atoms with E-state index in [0.717, 1.165) is 17.8 Å². The van der Waals surface area contributed by atoms with E-state index < -0.39 is 0 Å². The van der Waals surface area contributed by atoms with Gasteiger partial charge in [0.1, 0.15) is 11.6 Å². The number of nitrogens with one attached hydrogen (secondary N) is 1. The normalized spacial score (nSPS) is 10.5. The summed E-state index contributed by atoms with van der Waals surface area (Å²) in [5, 5.41) is 3.19. The predicted molar refractivity (Wildman–Crippen MR) is 71.4 cm³/mol. The smallest absolute Gasteiger partial charge is 0.131 e. The summed E-state index contributed by atoms with van der Waals surface area (Å²) in [6.07, 6.45) is 3.35. The third-order valence-electron chi connectivity index (χ3n) is 2.68. The number of hydrogen-bond acceptors (Lipinski definition) is 4. The number of halogens is 1. The van der Waals surface area contributed by atoms with Gasteiger partial charge < -0.3 is 10.1 Å². The number of methoxy groups -OCH3 is 1. The van der Waals surface area contributed by atoms with Crippen molar-refractivity contribution in [2.75, 3.05) is 13.7 Å². The fourth-order valence-corrected chi connectivity index (χ4v) is 1.75. The number of rotatable bonds is 5. The van der Waals surface area contributed by atoms with Crippen LogP contribution in [0.5, 0.6) is 5.75 Å². The molecule has 0 saturated carbocycles. The van der Waals surface area contributed by atoms with E-state index in [1.165, 1.54) is 19.2 Å². The van der Waals surface area contributed by atoms with Crippen LogP contribution in [0.1, 0.15) is 12.6 Å². The molecule has 19 heavy (non-hydrogen) atoms. The molecule has 1 heterocycles. The standard InChI is InChI=1S/C14H16FN3O/c1-3-16-7-11-8-17-9-13(18-11)12-5-4-10(15)6-14(12)19-2/h4-6,8-9,16H,3,7H2,1-2H3. The highest BCUT2D eigenvalue weighted by molar-refractivity contribution is 5.66. The van der Waals surface area contributed by atoms with E-state index in [0.29, 0.717) is 18.0 Å². The van der Waals surface area contributed by atoms with Crippen LogP contribution in [0.2, 0.25) is 0 Å². The summed E-state index contributed by atoms with van der Waals surface area (Å²) in [4.78, 5) is 8.65. The minimum Gasteiger partial charge on any atom is -0.496 e. The maximum absolute atomic E-state index is 13.2. The van der Waals surface area contributed by atoms with Crippen molar-refractivity contribution in [2.45, 2.75) is 13.5 Å². The Kier molecular flexibility index (Phi) is 4.41. The molecule has 2 rings (SSSR count). The van der Waals surface area contributed by atoms with Crippen molar-refractivity contribution in [1.29, 1.82) is 0 Å². The van der Waals surface area contributed by atoms with Crippen molar-refractivity contribution < 1.29 is 9.13 Å². The van der Waals surface area contributed by atoms with Crippen LogP contribution in [0.15, 0.2) is 30.6 Å². The summed E-state index contributed by atoms with van der Waals surface area (Å²) in [6.45, 7) is 3.55. The van der Waals surface area contributed by atoms with Gasteiger partial charge >= 0.3 is 0 Å². The van der Waals surface area contributed by atoms with Gasteiger partial charge in [-0.25, -0.2) is 9.37 Å². The lowest BCUT2D eigenvalue weighted by atomic mass is 10.1. The van der Waals surface area contributed by atoms with E-state index in [9.17, 15) is 4.39 Å². The molecule has 0 atom stereocenters. The molecule has 0 aliphatic heterocycles. The largest absolute Gasteiger partial charge is 0.496 e. The van der Waals surface area contributed by atoms with E-state index in [-0.39, 0.29) is 5.82 Å². The van der Waals surface area contributed by atoms with Crippen LogP contribution in [0.4, 0.5) is 4.39 Å². The SMILES string of the molecule is CCNCc1cncc(-c2ccc(F)cc2OC)n1. The Hall–Kier alpha value is -2.01. The number of hydrogen-bond donors (Lipinski definition) is 1. The van der Waals surface area contributed by atoms with Gasteiger partial charge in [-0.15, -0.1) is 0 Å². The number of aromatic nitrogens is 2. The molecular weight excluding hydrogens is 245 g/mol. The van der Waals surface area contributed by atoms with Gasteiger partial charge in [0.05, 0.1) is 24.7 Å². The minimum atomic E-state index is -0.336. The summed E-state index contributed by atoms with van der Waals surface area (Å²) in [5.74, 6) is 0.118. The van der Waals surface area contributed by atoms with Gasteiger partial charge in [0, 0.05) is 24.4 Å². The molecule has 2 aromatic rings.